The highest BCUT2D eigenvalue weighted by atomic mass is 16.5. The summed E-state index contributed by atoms with van der Waals surface area (Å²) in [5.74, 6) is 0.382. The summed E-state index contributed by atoms with van der Waals surface area (Å²) in [6.45, 7) is 0.588. The number of nitriles is 1. The zero-order valence-electron chi connectivity index (χ0n) is 22.3. The second-order valence-electron chi connectivity index (χ2n) is 10.7. The van der Waals surface area contributed by atoms with E-state index in [9.17, 15) is 10.1 Å². The van der Waals surface area contributed by atoms with Crippen LogP contribution in [0, 0.1) is 17.2 Å². The molecule has 0 bridgehead atoms. The third-order valence-electron chi connectivity index (χ3n) is 8.01. The first-order chi connectivity index (χ1) is 19.5. The number of nitrogens with one attached hydrogen (secondary N) is 2. The minimum atomic E-state index is -0.407. The number of aromatic nitrogens is 6. The molecule has 4 N–H and O–H groups in total. The summed E-state index contributed by atoms with van der Waals surface area (Å²) < 4.78 is 8.44. The molecule has 12 nitrogen and oxygen atoms in total. The van der Waals surface area contributed by atoms with Gasteiger partial charge in [-0.1, -0.05) is 5.21 Å². The van der Waals surface area contributed by atoms with Gasteiger partial charge in [-0.3, -0.25) is 4.98 Å². The minimum absolute atomic E-state index is 0.244. The molecule has 206 valence electrons. The molecular weight excluding hydrogens is 508 g/mol. The number of amides is 1. The summed E-state index contributed by atoms with van der Waals surface area (Å²) in [6, 6.07) is 10.7. The summed E-state index contributed by atoms with van der Waals surface area (Å²) in [5.41, 5.74) is 11.6. The van der Waals surface area contributed by atoms with Crippen molar-refractivity contribution in [1.82, 2.24) is 34.9 Å². The summed E-state index contributed by atoms with van der Waals surface area (Å²) in [5, 5.41) is 29.1. The van der Waals surface area contributed by atoms with Crippen molar-refractivity contribution < 1.29 is 9.53 Å². The van der Waals surface area contributed by atoms with Crippen LogP contribution in [0.3, 0.4) is 0 Å². The highest BCUT2D eigenvalue weighted by Gasteiger charge is 2.30. The number of carbonyl (C=O) groups is 1. The Morgan fingerprint density at radius 3 is 2.77 bits per heavy atom. The van der Waals surface area contributed by atoms with Gasteiger partial charge in [0.15, 0.2) is 0 Å². The van der Waals surface area contributed by atoms with Crippen LogP contribution in [0.2, 0.25) is 0 Å². The number of carbonyl (C=O) groups excluding carboxylic acids is 1. The molecule has 1 amide bonds. The van der Waals surface area contributed by atoms with E-state index in [0.717, 1.165) is 72.4 Å². The highest BCUT2D eigenvalue weighted by Crippen LogP contribution is 2.36. The molecule has 0 radical (unpaired) electrons. The third kappa shape index (κ3) is 5.20. The molecule has 2 saturated carbocycles. The van der Waals surface area contributed by atoms with Crippen LogP contribution in [-0.2, 0) is 4.74 Å². The molecule has 6 rings (SSSR count). The Balaban J connectivity index is 1.28. The largest absolute Gasteiger partial charge is 0.453 e. The Labute approximate surface area is 231 Å². The number of methoxy groups -OCH3 is 1. The van der Waals surface area contributed by atoms with E-state index < -0.39 is 6.09 Å². The van der Waals surface area contributed by atoms with Gasteiger partial charge < -0.3 is 21.1 Å². The maximum atomic E-state index is 11.4. The standard InChI is InChI=1S/C28H32N10O2/c1-40-28(39)32-13-17-8-20(9-17)34-24-11-25(27-7-6-22-10-18(12-29)14-33-38(22)27)31-15-23(24)26-16-37(36-35-26)21-4-2-19(30)3-5-21/h6-7,10-11,14-17,19-21H,2-5,8-9,13,30H2,1H3,(H,31,34)(H,32,39)/t17-,19-,20-,21-. The lowest BCUT2D eigenvalue weighted by Gasteiger charge is -2.36. The molecule has 0 aromatic carbocycles. The van der Waals surface area contributed by atoms with Crippen molar-refractivity contribution in [2.24, 2.45) is 11.7 Å². The Kier molecular flexibility index (Phi) is 7.04. The van der Waals surface area contributed by atoms with Crippen LogP contribution in [0.5, 0.6) is 0 Å². The molecule has 0 spiro atoms. The molecule has 0 saturated heterocycles. The number of hydrogen-bond acceptors (Lipinski definition) is 9. The molecule has 2 aliphatic carbocycles. The lowest BCUT2D eigenvalue weighted by Crippen LogP contribution is -2.42. The van der Waals surface area contributed by atoms with E-state index >= 15 is 0 Å². The van der Waals surface area contributed by atoms with Crippen LogP contribution in [0.4, 0.5) is 10.5 Å². The van der Waals surface area contributed by atoms with E-state index in [2.05, 4.69) is 36.9 Å². The van der Waals surface area contributed by atoms with Crippen molar-refractivity contribution in [1.29, 1.82) is 5.26 Å². The lowest BCUT2D eigenvalue weighted by atomic mass is 9.80. The van der Waals surface area contributed by atoms with Crippen LogP contribution in [0.1, 0.15) is 50.1 Å². The molecule has 12 heteroatoms. The fourth-order valence-corrected chi connectivity index (χ4v) is 5.66. The number of anilines is 1. The molecule has 0 unspecified atom stereocenters. The number of pyridine rings is 1. The van der Waals surface area contributed by atoms with E-state index in [-0.39, 0.29) is 12.1 Å². The van der Waals surface area contributed by atoms with Crippen molar-refractivity contribution in [3.63, 3.8) is 0 Å². The molecule has 0 atom stereocenters. The Morgan fingerprint density at radius 1 is 1.18 bits per heavy atom. The summed E-state index contributed by atoms with van der Waals surface area (Å²) >= 11 is 0. The fraction of sp³-hybridized carbons (Fsp3) is 0.429. The van der Waals surface area contributed by atoms with Crippen LogP contribution < -0.4 is 16.4 Å². The highest BCUT2D eigenvalue weighted by molar-refractivity contribution is 5.79. The smallest absolute Gasteiger partial charge is 0.406 e. The Morgan fingerprint density at radius 2 is 2.00 bits per heavy atom. The predicted molar refractivity (Wildman–Crippen MR) is 148 cm³/mol. The van der Waals surface area contributed by atoms with Gasteiger partial charge in [0.2, 0.25) is 0 Å². The molecule has 0 aliphatic heterocycles. The van der Waals surface area contributed by atoms with Crippen molar-refractivity contribution >= 4 is 17.3 Å². The predicted octanol–water partition coefficient (Wildman–Crippen LogP) is 3.52. The quantitative estimate of drug-likeness (QED) is 0.318. The number of rotatable bonds is 7. The van der Waals surface area contributed by atoms with Crippen molar-refractivity contribution in [2.45, 2.75) is 56.7 Å². The number of nitrogens with two attached hydrogens (primary N) is 1. The fourth-order valence-electron chi connectivity index (χ4n) is 5.66. The number of ether oxygens (including phenoxy) is 1. The van der Waals surface area contributed by atoms with Gasteiger partial charge in [0.1, 0.15) is 11.8 Å². The first-order valence-electron chi connectivity index (χ1n) is 13.6. The summed E-state index contributed by atoms with van der Waals surface area (Å²) in [7, 11) is 1.37. The van der Waals surface area contributed by atoms with Crippen LogP contribution in [-0.4, -0.2) is 61.4 Å². The Bertz CT molecular complexity index is 1560. The number of fused-ring (bicyclic) bond motifs is 1. The number of nitrogens with zero attached hydrogens (tertiary/aromatic N) is 7. The minimum Gasteiger partial charge on any atom is -0.453 e. The molecule has 40 heavy (non-hydrogen) atoms. The maximum Gasteiger partial charge on any atom is 0.406 e. The third-order valence-corrected chi connectivity index (χ3v) is 8.01. The van der Waals surface area contributed by atoms with Gasteiger partial charge >= 0.3 is 6.09 Å². The number of alkyl carbamates (subject to hydrolysis) is 1. The van der Waals surface area contributed by atoms with Gasteiger partial charge in [0.25, 0.3) is 0 Å². The van der Waals surface area contributed by atoms with E-state index in [1.165, 1.54) is 7.11 Å². The lowest BCUT2D eigenvalue weighted by molar-refractivity contribution is 0.164. The van der Waals surface area contributed by atoms with E-state index in [1.54, 1.807) is 16.8 Å². The van der Waals surface area contributed by atoms with Gasteiger partial charge in [-0.25, -0.2) is 14.0 Å². The zero-order chi connectivity index (χ0) is 27.6. The van der Waals surface area contributed by atoms with Crippen LogP contribution in [0.15, 0.2) is 42.9 Å². The monoisotopic (exact) mass is 540 g/mol. The van der Waals surface area contributed by atoms with Gasteiger partial charge in [-0.15, -0.1) is 5.10 Å². The SMILES string of the molecule is COC(=O)NC[C@H]1C[C@H](Nc2cc(-c3ccc4cc(C#N)cnn34)ncc2-c2cn([C@H]3CC[C@H](N)CC3)nn2)C1. The summed E-state index contributed by atoms with van der Waals surface area (Å²) in [6.07, 6.45) is 10.8. The molecule has 4 aromatic rings. The van der Waals surface area contributed by atoms with E-state index in [0.29, 0.717) is 24.1 Å². The van der Waals surface area contributed by atoms with Crippen molar-refractivity contribution in [2.75, 3.05) is 19.0 Å². The molecule has 4 heterocycles. The average Bonchev–Trinajstić information content (AvgIpc) is 3.61. The van der Waals surface area contributed by atoms with Gasteiger partial charge in [-0.05, 0) is 68.7 Å². The van der Waals surface area contributed by atoms with Crippen molar-refractivity contribution in [3.05, 3.63) is 48.4 Å². The van der Waals surface area contributed by atoms with Gasteiger partial charge in [-0.2, -0.15) is 10.4 Å². The second kappa shape index (κ2) is 10.9. The number of hydrogen-bond donors (Lipinski definition) is 3. The molecular formula is C28H32N10O2. The summed E-state index contributed by atoms with van der Waals surface area (Å²) in [4.78, 5) is 16.2. The topological polar surface area (TPSA) is 161 Å². The zero-order valence-corrected chi connectivity index (χ0v) is 22.3. The Hall–Kier alpha value is -4.50. The van der Waals surface area contributed by atoms with Crippen molar-refractivity contribution in [3.8, 4) is 28.7 Å². The normalized spacial score (nSPS) is 22.3. The van der Waals surface area contributed by atoms with Crippen LogP contribution in [0.25, 0.3) is 28.2 Å². The maximum absolute atomic E-state index is 11.4. The molecule has 2 aliphatic rings. The van der Waals surface area contributed by atoms with Crippen LogP contribution >= 0.6 is 0 Å². The van der Waals surface area contributed by atoms with Gasteiger partial charge in [0.05, 0.1) is 48.0 Å². The van der Waals surface area contributed by atoms with E-state index in [1.807, 2.05) is 35.3 Å². The molecule has 2 fully saturated rings. The first kappa shape index (κ1) is 25.8. The molecule has 4 aromatic heterocycles. The van der Waals surface area contributed by atoms with E-state index in [4.69, 9.17) is 10.7 Å². The average molecular weight is 541 g/mol. The first-order valence-corrected chi connectivity index (χ1v) is 13.6. The van der Waals surface area contributed by atoms with Gasteiger partial charge in [0, 0.05) is 36.1 Å². The second-order valence-corrected chi connectivity index (χ2v) is 10.7.